The van der Waals surface area contributed by atoms with Gasteiger partial charge in [0.25, 0.3) is 5.91 Å². The standard InChI is InChI=1S/C24H17FN2O5S/c1-30-17-8-6-12(10-19(17)31-2)23(29)27-24-21(28)20-18(32-24)9-7-16(26-20)14-11-33-22-13(14)4-3-5-15(22)25/h3-11,24H,1-2H3,(H,27,29). The first-order valence-corrected chi connectivity index (χ1v) is 10.8. The third kappa shape index (κ3) is 3.56. The first-order chi connectivity index (χ1) is 16.0. The predicted molar refractivity (Wildman–Crippen MR) is 121 cm³/mol. The minimum absolute atomic E-state index is 0.112. The number of benzene rings is 2. The van der Waals surface area contributed by atoms with Gasteiger partial charge in [-0.3, -0.25) is 9.59 Å². The lowest BCUT2D eigenvalue weighted by atomic mass is 10.1. The number of carbonyl (C=O) groups excluding carboxylic acids is 2. The third-order valence-electron chi connectivity index (χ3n) is 5.31. The van der Waals surface area contributed by atoms with Gasteiger partial charge >= 0.3 is 0 Å². The average Bonchev–Trinajstić information content (AvgIpc) is 3.40. The van der Waals surface area contributed by atoms with Gasteiger partial charge in [0.2, 0.25) is 12.0 Å². The molecule has 4 aromatic rings. The number of Topliss-reactive ketones (excluding diaryl/α,β-unsaturated/α-hetero) is 1. The first kappa shape index (κ1) is 20.9. The SMILES string of the molecule is COc1ccc(C(=O)NC2Oc3ccc(-c4csc5c(F)cccc45)nc3C2=O)cc1OC. The molecule has 2 aromatic heterocycles. The number of nitrogens with zero attached hydrogens (tertiary/aromatic N) is 1. The first-order valence-electron chi connectivity index (χ1n) is 9.91. The molecule has 1 aliphatic rings. The van der Waals surface area contributed by atoms with Crippen LogP contribution in [0.2, 0.25) is 0 Å². The van der Waals surface area contributed by atoms with Crippen molar-refractivity contribution in [2.24, 2.45) is 0 Å². The highest BCUT2D eigenvalue weighted by Gasteiger charge is 2.36. The van der Waals surface area contributed by atoms with Crippen molar-refractivity contribution in [3.63, 3.8) is 0 Å². The number of rotatable bonds is 5. The van der Waals surface area contributed by atoms with Crippen LogP contribution < -0.4 is 19.5 Å². The lowest BCUT2D eigenvalue weighted by Gasteiger charge is -2.13. The zero-order valence-electron chi connectivity index (χ0n) is 17.5. The summed E-state index contributed by atoms with van der Waals surface area (Å²) in [6, 6.07) is 12.8. The number of nitrogens with one attached hydrogen (secondary N) is 1. The molecule has 1 amide bonds. The van der Waals surface area contributed by atoms with Crippen molar-refractivity contribution in [1.29, 1.82) is 0 Å². The largest absolute Gasteiger partial charge is 0.493 e. The number of ketones is 1. The van der Waals surface area contributed by atoms with E-state index in [0.29, 0.717) is 21.9 Å². The van der Waals surface area contributed by atoms with Crippen LogP contribution in [-0.2, 0) is 0 Å². The second-order valence-electron chi connectivity index (χ2n) is 7.21. The third-order valence-corrected chi connectivity index (χ3v) is 6.31. The molecule has 0 saturated carbocycles. The molecule has 2 aromatic carbocycles. The van der Waals surface area contributed by atoms with E-state index in [2.05, 4.69) is 10.3 Å². The Bertz CT molecular complexity index is 1420. The lowest BCUT2D eigenvalue weighted by molar-refractivity contribution is 0.0718. The van der Waals surface area contributed by atoms with Crippen LogP contribution in [0.25, 0.3) is 21.3 Å². The van der Waals surface area contributed by atoms with E-state index >= 15 is 0 Å². The van der Waals surface area contributed by atoms with Crippen LogP contribution in [0, 0.1) is 5.82 Å². The van der Waals surface area contributed by atoms with E-state index in [1.54, 1.807) is 35.7 Å². The van der Waals surface area contributed by atoms with E-state index in [1.807, 2.05) is 6.07 Å². The van der Waals surface area contributed by atoms with Gasteiger partial charge < -0.3 is 19.5 Å². The number of methoxy groups -OCH3 is 2. The zero-order chi connectivity index (χ0) is 23.1. The smallest absolute Gasteiger partial charge is 0.254 e. The number of fused-ring (bicyclic) bond motifs is 2. The molecule has 166 valence electrons. The number of ether oxygens (including phenoxy) is 3. The van der Waals surface area contributed by atoms with Gasteiger partial charge in [0.15, 0.2) is 22.9 Å². The summed E-state index contributed by atoms with van der Waals surface area (Å²) >= 11 is 1.27. The van der Waals surface area contributed by atoms with E-state index in [-0.39, 0.29) is 22.8 Å². The molecule has 1 atom stereocenters. The fourth-order valence-electron chi connectivity index (χ4n) is 3.67. The van der Waals surface area contributed by atoms with Crippen molar-refractivity contribution < 1.29 is 28.2 Å². The lowest BCUT2D eigenvalue weighted by Crippen LogP contribution is -2.41. The highest BCUT2D eigenvalue weighted by Crippen LogP contribution is 2.37. The minimum Gasteiger partial charge on any atom is -0.493 e. The molecule has 0 saturated heterocycles. The molecule has 0 aliphatic carbocycles. The number of hydrogen-bond acceptors (Lipinski definition) is 7. The summed E-state index contributed by atoms with van der Waals surface area (Å²) in [5.41, 5.74) is 1.64. The van der Waals surface area contributed by atoms with Crippen LogP contribution in [0.1, 0.15) is 20.8 Å². The quantitative estimate of drug-likeness (QED) is 0.470. The van der Waals surface area contributed by atoms with Crippen LogP contribution in [0.15, 0.2) is 53.9 Å². The van der Waals surface area contributed by atoms with Gasteiger partial charge in [-0.1, -0.05) is 12.1 Å². The molecule has 0 radical (unpaired) electrons. The Morgan fingerprint density at radius 3 is 2.73 bits per heavy atom. The van der Waals surface area contributed by atoms with E-state index in [0.717, 1.165) is 10.9 Å². The van der Waals surface area contributed by atoms with Crippen LogP contribution in [0.5, 0.6) is 17.2 Å². The van der Waals surface area contributed by atoms with Crippen LogP contribution in [0.3, 0.4) is 0 Å². The number of carbonyl (C=O) groups is 2. The maximum absolute atomic E-state index is 14.1. The van der Waals surface area contributed by atoms with Gasteiger partial charge in [-0.15, -0.1) is 11.3 Å². The number of thiophene rings is 1. The second-order valence-corrected chi connectivity index (χ2v) is 8.09. The van der Waals surface area contributed by atoms with Crippen molar-refractivity contribution in [3.8, 4) is 28.5 Å². The summed E-state index contributed by atoms with van der Waals surface area (Å²) in [4.78, 5) is 30.1. The summed E-state index contributed by atoms with van der Waals surface area (Å²) in [5, 5.41) is 5.10. The van der Waals surface area contributed by atoms with Crippen molar-refractivity contribution in [2.75, 3.05) is 14.2 Å². The minimum atomic E-state index is -1.21. The molecule has 5 rings (SSSR count). The topological polar surface area (TPSA) is 86.8 Å². The second kappa shape index (κ2) is 8.18. The zero-order valence-corrected chi connectivity index (χ0v) is 18.4. The summed E-state index contributed by atoms with van der Waals surface area (Å²) in [6.07, 6.45) is -1.21. The van der Waals surface area contributed by atoms with Gasteiger partial charge in [0, 0.05) is 21.9 Å². The monoisotopic (exact) mass is 464 g/mol. The Hall–Kier alpha value is -3.98. The summed E-state index contributed by atoms with van der Waals surface area (Å²) in [7, 11) is 2.96. The van der Waals surface area contributed by atoms with Crippen LogP contribution in [0.4, 0.5) is 4.39 Å². The maximum Gasteiger partial charge on any atom is 0.254 e. The summed E-state index contributed by atoms with van der Waals surface area (Å²) in [5.74, 6) is -0.146. The molecule has 0 fully saturated rings. The highest BCUT2D eigenvalue weighted by atomic mass is 32.1. The summed E-state index contributed by atoms with van der Waals surface area (Å²) < 4.78 is 30.6. The molecule has 9 heteroatoms. The molecule has 33 heavy (non-hydrogen) atoms. The van der Waals surface area contributed by atoms with Crippen molar-refractivity contribution in [1.82, 2.24) is 10.3 Å². The number of pyridine rings is 1. The summed E-state index contributed by atoms with van der Waals surface area (Å²) in [6.45, 7) is 0. The van der Waals surface area contributed by atoms with Crippen molar-refractivity contribution >= 4 is 33.1 Å². The molecular formula is C24H17FN2O5S. The van der Waals surface area contributed by atoms with Crippen LogP contribution >= 0.6 is 11.3 Å². The fourth-order valence-corrected chi connectivity index (χ4v) is 4.64. The Balaban J connectivity index is 1.39. The Morgan fingerprint density at radius 1 is 1.12 bits per heavy atom. The van der Waals surface area contributed by atoms with E-state index in [4.69, 9.17) is 14.2 Å². The van der Waals surface area contributed by atoms with Gasteiger partial charge in [0.1, 0.15) is 5.82 Å². The number of halogens is 1. The Kier molecular flexibility index (Phi) is 5.18. The fraction of sp³-hybridized carbons (Fsp3) is 0.125. The van der Waals surface area contributed by atoms with Crippen molar-refractivity contribution in [3.05, 3.63) is 71.0 Å². The number of aromatic nitrogens is 1. The Morgan fingerprint density at radius 2 is 1.94 bits per heavy atom. The van der Waals surface area contributed by atoms with Gasteiger partial charge in [-0.05, 0) is 36.4 Å². The normalized spacial score (nSPS) is 14.6. The predicted octanol–water partition coefficient (Wildman–Crippen LogP) is 4.45. The van der Waals surface area contributed by atoms with E-state index in [9.17, 15) is 14.0 Å². The van der Waals surface area contributed by atoms with Gasteiger partial charge in [0.05, 0.1) is 24.6 Å². The molecule has 0 bridgehead atoms. The molecular weight excluding hydrogens is 447 g/mol. The molecule has 1 unspecified atom stereocenters. The van der Waals surface area contributed by atoms with E-state index in [1.165, 1.54) is 37.7 Å². The molecule has 1 aliphatic heterocycles. The Labute approximate surface area is 191 Å². The maximum atomic E-state index is 14.1. The molecule has 7 nitrogen and oxygen atoms in total. The van der Waals surface area contributed by atoms with Gasteiger partial charge in [-0.2, -0.15) is 0 Å². The van der Waals surface area contributed by atoms with E-state index < -0.39 is 17.9 Å². The highest BCUT2D eigenvalue weighted by molar-refractivity contribution is 7.17. The van der Waals surface area contributed by atoms with Crippen LogP contribution in [-0.4, -0.2) is 37.1 Å². The number of hydrogen-bond donors (Lipinski definition) is 1. The molecule has 0 spiro atoms. The van der Waals surface area contributed by atoms with Gasteiger partial charge in [-0.25, -0.2) is 9.37 Å². The molecule has 1 N–H and O–H groups in total. The van der Waals surface area contributed by atoms with Crippen molar-refractivity contribution in [2.45, 2.75) is 6.23 Å². The number of amides is 1. The average molecular weight is 464 g/mol. The molecule has 3 heterocycles.